The molecular formula is C33H30N3O2P. The molecule has 1 N–H and O–H groups in total. The van der Waals surface area contributed by atoms with E-state index < -0.39 is 12.9 Å². The zero-order chi connectivity index (χ0) is 27.1. The highest BCUT2D eigenvalue weighted by molar-refractivity contribution is 7.97. The van der Waals surface area contributed by atoms with Crippen LogP contribution in [0.1, 0.15) is 16.8 Å². The molecule has 0 aromatic heterocycles. The fourth-order valence-electron chi connectivity index (χ4n) is 5.38. The van der Waals surface area contributed by atoms with Crippen molar-refractivity contribution in [3.63, 3.8) is 0 Å². The number of hydrogen-bond donors (Lipinski definition) is 1. The van der Waals surface area contributed by atoms with Crippen molar-refractivity contribution in [3.05, 3.63) is 127 Å². The van der Waals surface area contributed by atoms with Gasteiger partial charge in [-0.05, 0) is 47.9 Å². The van der Waals surface area contributed by atoms with Gasteiger partial charge in [0.15, 0.2) is 5.78 Å². The van der Waals surface area contributed by atoms with E-state index in [4.69, 9.17) is 0 Å². The Labute approximate surface area is 229 Å². The maximum Gasteiger partial charge on any atom is 0.254 e. The van der Waals surface area contributed by atoms with Gasteiger partial charge in [0.2, 0.25) is 0 Å². The second kappa shape index (κ2) is 12.1. The molecule has 39 heavy (non-hydrogen) atoms. The fraction of sp³-hybridized carbons (Fsp3) is 0.152. The minimum absolute atomic E-state index is 0.196. The van der Waals surface area contributed by atoms with Crippen molar-refractivity contribution in [1.82, 2.24) is 10.2 Å². The van der Waals surface area contributed by atoms with Gasteiger partial charge in [0.05, 0.1) is 6.04 Å². The van der Waals surface area contributed by atoms with Gasteiger partial charge in [-0.25, -0.2) is 0 Å². The highest BCUT2D eigenvalue weighted by Crippen LogP contribution is 2.46. The molecular weight excluding hydrogens is 501 g/mol. The van der Waals surface area contributed by atoms with E-state index in [0.29, 0.717) is 31.6 Å². The third-order valence-corrected chi connectivity index (χ3v) is 11.4. The number of nitriles is 1. The van der Waals surface area contributed by atoms with Gasteiger partial charge >= 0.3 is 0 Å². The molecule has 1 atom stereocenters. The first-order chi connectivity index (χ1) is 19.2. The van der Waals surface area contributed by atoms with Crippen LogP contribution in [0.25, 0.3) is 0 Å². The lowest BCUT2D eigenvalue weighted by Crippen LogP contribution is -2.49. The molecule has 1 saturated heterocycles. The molecule has 0 spiro atoms. The Bertz CT molecular complexity index is 1430. The topological polar surface area (TPSA) is 73.2 Å². The molecule has 5 nitrogen and oxygen atoms in total. The Hall–Kier alpha value is -4.23. The van der Waals surface area contributed by atoms with Crippen LogP contribution in [0.3, 0.4) is 0 Å². The van der Waals surface area contributed by atoms with Crippen LogP contribution in [-0.4, -0.2) is 47.6 Å². The van der Waals surface area contributed by atoms with Crippen LogP contribution in [-0.2, 0) is 4.79 Å². The fourth-order valence-corrected chi connectivity index (χ4v) is 9.54. The lowest BCUT2D eigenvalue weighted by molar-refractivity contribution is -0.116. The first-order valence-electron chi connectivity index (χ1n) is 13.1. The van der Waals surface area contributed by atoms with Gasteiger partial charge in [-0.3, -0.25) is 9.59 Å². The maximum absolute atomic E-state index is 14.7. The van der Waals surface area contributed by atoms with Crippen molar-refractivity contribution in [2.75, 3.05) is 19.6 Å². The predicted molar refractivity (Wildman–Crippen MR) is 160 cm³/mol. The monoisotopic (exact) mass is 531 g/mol. The summed E-state index contributed by atoms with van der Waals surface area (Å²) in [6, 6.07) is 40.4. The molecule has 1 heterocycles. The SMILES string of the molecule is N#CC(C(=O)C1CCNCCN1C(=O)c1ccccc1)=P(c1ccccc1)(c1ccccc1)c1ccccc1. The summed E-state index contributed by atoms with van der Waals surface area (Å²) in [7, 11) is 0. The molecule has 0 bridgehead atoms. The number of carbonyl (C=O) groups excluding carboxylic acids is 2. The molecule has 0 aliphatic carbocycles. The number of hydrogen-bond acceptors (Lipinski definition) is 4. The third kappa shape index (κ3) is 5.10. The number of rotatable bonds is 6. The molecule has 1 amide bonds. The Kier molecular flexibility index (Phi) is 8.18. The molecule has 0 radical (unpaired) electrons. The van der Waals surface area contributed by atoms with Crippen molar-refractivity contribution in [2.45, 2.75) is 12.5 Å². The molecule has 0 saturated carbocycles. The van der Waals surface area contributed by atoms with Crippen molar-refractivity contribution in [1.29, 1.82) is 5.26 Å². The zero-order valence-electron chi connectivity index (χ0n) is 21.6. The van der Waals surface area contributed by atoms with E-state index in [1.165, 1.54) is 0 Å². The van der Waals surface area contributed by atoms with Gasteiger partial charge in [0.25, 0.3) is 5.91 Å². The summed E-state index contributed by atoms with van der Waals surface area (Å²) >= 11 is 0. The highest BCUT2D eigenvalue weighted by Gasteiger charge is 2.39. The van der Waals surface area contributed by atoms with Gasteiger partial charge in [0.1, 0.15) is 11.4 Å². The van der Waals surface area contributed by atoms with Crippen LogP contribution in [0.5, 0.6) is 0 Å². The number of benzene rings is 4. The number of ketones is 1. The average molecular weight is 532 g/mol. The maximum atomic E-state index is 14.7. The van der Waals surface area contributed by atoms with Gasteiger partial charge in [-0.1, -0.05) is 109 Å². The average Bonchev–Trinajstić information content (AvgIpc) is 3.27. The van der Waals surface area contributed by atoms with E-state index in [1.807, 2.05) is 109 Å². The van der Waals surface area contributed by atoms with Crippen LogP contribution < -0.4 is 21.2 Å². The minimum Gasteiger partial charge on any atom is -0.327 e. The molecule has 1 unspecified atom stereocenters. The van der Waals surface area contributed by atoms with Crippen molar-refractivity contribution >= 4 is 39.8 Å². The quantitative estimate of drug-likeness (QED) is 0.385. The third-order valence-electron chi connectivity index (χ3n) is 7.19. The Morgan fingerprint density at radius 3 is 1.64 bits per heavy atom. The van der Waals surface area contributed by atoms with E-state index in [9.17, 15) is 14.9 Å². The number of Topliss-reactive ketones (excluding diaryl/α,β-unsaturated/α-hetero) is 1. The number of nitrogens with zero attached hydrogens (tertiary/aromatic N) is 2. The second-order valence-corrected chi connectivity index (χ2v) is 12.8. The zero-order valence-corrected chi connectivity index (χ0v) is 22.5. The summed E-state index contributed by atoms with van der Waals surface area (Å²) in [5.74, 6) is -0.478. The van der Waals surface area contributed by atoms with Gasteiger partial charge < -0.3 is 10.2 Å². The second-order valence-electron chi connectivity index (χ2n) is 9.42. The lowest BCUT2D eigenvalue weighted by atomic mass is 10.0. The largest absolute Gasteiger partial charge is 0.327 e. The first kappa shape index (κ1) is 26.4. The summed E-state index contributed by atoms with van der Waals surface area (Å²) in [6.07, 6.45) is 0.432. The van der Waals surface area contributed by atoms with E-state index in [-0.39, 0.29) is 17.0 Å². The summed E-state index contributed by atoms with van der Waals surface area (Å²) in [4.78, 5) is 30.1. The minimum atomic E-state index is -2.88. The molecule has 1 fully saturated rings. The summed E-state index contributed by atoms with van der Waals surface area (Å²) < 4.78 is 0. The molecule has 4 aromatic carbocycles. The van der Waals surface area contributed by atoms with Crippen LogP contribution in [0.4, 0.5) is 0 Å². The van der Waals surface area contributed by atoms with Crippen LogP contribution in [0.15, 0.2) is 121 Å². The molecule has 194 valence electrons. The summed E-state index contributed by atoms with van der Waals surface area (Å²) in [5.41, 5.74) is 0.533. The van der Waals surface area contributed by atoms with Crippen molar-refractivity contribution in [3.8, 4) is 6.07 Å². The summed E-state index contributed by atoms with van der Waals surface area (Å²) in [5, 5.41) is 17.2. The smallest absolute Gasteiger partial charge is 0.254 e. The van der Waals surface area contributed by atoms with Crippen LogP contribution >= 0.6 is 6.89 Å². The van der Waals surface area contributed by atoms with E-state index in [0.717, 1.165) is 15.9 Å². The number of carbonyl (C=O) groups is 2. The molecule has 1 aliphatic rings. The van der Waals surface area contributed by atoms with Gasteiger partial charge in [0, 0.05) is 18.7 Å². The Balaban J connectivity index is 1.79. The number of nitrogens with one attached hydrogen (secondary N) is 1. The van der Waals surface area contributed by atoms with E-state index in [2.05, 4.69) is 11.4 Å². The van der Waals surface area contributed by atoms with E-state index in [1.54, 1.807) is 17.0 Å². The molecule has 6 heteroatoms. The molecule has 5 rings (SSSR count). The highest BCUT2D eigenvalue weighted by atomic mass is 31.2. The van der Waals surface area contributed by atoms with Crippen LogP contribution in [0, 0.1) is 11.3 Å². The van der Waals surface area contributed by atoms with Crippen LogP contribution in [0.2, 0.25) is 0 Å². The molecule has 1 aliphatic heterocycles. The Morgan fingerprint density at radius 2 is 1.18 bits per heavy atom. The van der Waals surface area contributed by atoms with Gasteiger partial charge in [-0.15, -0.1) is 0 Å². The number of amides is 1. The first-order valence-corrected chi connectivity index (χ1v) is 14.9. The predicted octanol–water partition coefficient (Wildman–Crippen LogP) is 3.75. The standard InChI is InChI=1S/C33H30N3O2P/c34-25-31(32(37)30-21-22-35-23-24-36(30)33(38)26-13-5-1-6-14-26)39(27-15-7-2-8-16-27,28-17-9-3-10-18-28)29-19-11-4-12-20-29/h1-20,30,35H,21-24H2. The van der Waals surface area contributed by atoms with E-state index >= 15 is 0 Å². The van der Waals surface area contributed by atoms with Crippen molar-refractivity contribution in [2.24, 2.45) is 0 Å². The lowest BCUT2D eigenvalue weighted by Gasteiger charge is -2.33. The Morgan fingerprint density at radius 1 is 0.718 bits per heavy atom. The van der Waals surface area contributed by atoms with Crippen molar-refractivity contribution < 1.29 is 9.59 Å². The normalized spacial score (nSPS) is 15.6. The molecule has 4 aromatic rings. The van der Waals surface area contributed by atoms with Gasteiger partial charge in [-0.2, -0.15) is 5.26 Å². The summed E-state index contributed by atoms with van der Waals surface area (Å²) in [6.45, 7) is -1.33.